The van der Waals surface area contributed by atoms with E-state index in [4.69, 9.17) is 0 Å². The molecule has 1 aliphatic heterocycles. The van der Waals surface area contributed by atoms with Crippen molar-refractivity contribution in [1.29, 1.82) is 0 Å². The maximum atomic E-state index is 11.7. The first-order valence-corrected chi connectivity index (χ1v) is 4.07. The number of likely N-dealkylation sites (tertiary alicyclic amines) is 1. The summed E-state index contributed by atoms with van der Waals surface area (Å²) in [6.07, 6.45) is 1.99. The molecule has 1 saturated heterocycles. The van der Waals surface area contributed by atoms with Crippen LogP contribution in [0.5, 0.6) is 0 Å². The third kappa shape index (κ3) is 1.48. The molecule has 0 spiro atoms. The van der Waals surface area contributed by atoms with Gasteiger partial charge in [-0.15, -0.1) is 0 Å². The summed E-state index contributed by atoms with van der Waals surface area (Å²) in [6.45, 7) is 5.19. The van der Waals surface area contributed by atoms with E-state index in [9.17, 15) is 4.39 Å². The maximum Gasteiger partial charge on any atom is 0.0906 e. The van der Waals surface area contributed by atoms with Crippen LogP contribution in [-0.2, 0) is 0 Å². The summed E-state index contributed by atoms with van der Waals surface area (Å²) in [7, 11) is 0. The molecule has 0 N–H and O–H groups in total. The van der Waals surface area contributed by atoms with Gasteiger partial charge >= 0.3 is 0 Å². The Labute approximate surface area is 62.2 Å². The van der Waals surface area contributed by atoms with E-state index in [1.54, 1.807) is 0 Å². The lowest BCUT2D eigenvalue weighted by atomic mass is 9.96. The molecule has 1 nitrogen and oxygen atoms in total. The molecular formula is C8H16FN. The summed E-state index contributed by atoms with van der Waals surface area (Å²) >= 11 is 0. The Morgan fingerprint density at radius 3 is 2.40 bits per heavy atom. The number of hydrogen-bond donors (Lipinski definition) is 0. The summed E-state index contributed by atoms with van der Waals surface area (Å²) in [4.78, 5) is 2.36. The molecule has 0 aromatic carbocycles. The number of rotatable bonds is 3. The smallest absolute Gasteiger partial charge is 0.0906 e. The van der Waals surface area contributed by atoms with E-state index in [1.165, 1.54) is 6.42 Å². The van der Waals surface area contributed by atoms with Crippen LogP contribution in [0.2, 0.25) is 0 Å². The Bertz CT molecular complexity index is 97.4. The van der Waals surface area contributed by atoms with Gasteiger partial charge in [-0.25, -0.2) is 0 Å². The maximum absolute atomic E-state index is 11.7. The Kier molecular flexibility index (Phi) is 2.66. The van der Waals surface area contributed by atoms with E-state index in [0.717, 1.165) is 6.54 Å². The molecule has 60 valence electrons. The molecule has 2 atom stereocenters. The van der Waals surface area contributed by atoms with Gasteiger partial charge in [0.05, 0.1) is 6.67 Å². The van der Waals surface area contributed by atoms with Crippen molar-refractivity contribution in [2.24, 2.45) is 0 Å². The van der Waals surface area contributed by atoms with Crippen LogP contribution >= 0.6 is 0 Å². The summed E-state index contributed by atoms with van der Waals surface area (Å²) in [5.41, 5.74) is 0. The van der Waals surface area contributed by atoms with Crippen molar-refractivity contribution >= 4 is 0 Å². The summed E-state index contributed by atoms with van der Waals surface area (Å²) in [6, 6.07) is 1.39. The van der Waals surface area contributed by atoms with Gasteiger partial charge in [-0.3, -0.25) is 9.29 Å². The molecule has 0 aromatic heterocycles. The van der Waals surface area contributed by atoms with Crippen LogP contribution in [0.1, 0.15) is 26.7 Å². The van der Waals surface area contributed by atoms with Crippen molar-refractivity contribution in [2.75, 3.05) is 13.2 Å². The van der Waals surface area contributed by atoms with Crippen molar-refractivity contribution in [3.63, 3.8) is 0 Å². The van der Waals surface area contributed by atoms with Gasteiger partial charge in [-0.1, -0.05) is 0 Å². The Hall–Kier alpha value is -0.110. The van der Waals surface area contributed by atoms with Gasteiger partial charge in [0.2, 0.25) is 0 Å². The molecule has 0 amide bonds. The van der Waals surface area contributed by atoms with Gasteiger partial charge < -0.3 is 0 Å². The predicted molar refractivity (Wildman–Crippen MR) is 40.8 cm³/mol. The SMILES string of the molecule is CC1CC(C)N1CCCF. The van der Waals surface area contributed by atoms with Gasteiger partial charge in [-0.2, -0.15) is 0 Å². The number of halogens is 1. The van der Waals surface area contributed by atoms with Gasteiger partial charge in [0.25, 0.3) is 0 Å². The summed E-state index contributed by atoms with van der Waals surface area (Å²) in [5.74, 6) is 0. The number of hydrogen-bond acceptors (Lipinski definition) is 1. The summed E-state index contributed by atoms with van der Waals surface area (Å²) in [5, 5.41) is 0. The first-order chi connectivity index (χ1) is 4.75. The normalized spacial score (nSPS) is 33.9. The minimum absolute atomic E-state index is 0.171. The molecule has 0 bridgehead atoms. The zero-order chi connectivity index (χ0) is 7.56. The lowest BCUT2D eigenvalue weighted by Gasteiger charge is -2.45. The summed E-state index contributed by atoms with van der Waals surface area (Å²) < 4.78 is 11.7. The van der Waals surface area contributed by atoms with Crippen LogP contribution < -0.4 is 0 Å². The first-order valence-electron chi connectivity index (χ1n) is 4.07. The molecule has 0 aliphatic carbocycles. The van der Waals surface area contributed by atoms with E-state index < -0.39 is 0 Å². The second-order valence-corrected chi connectivity index (χ2v) is 3.21. The topological polar surface area (TPSA) is 3.24 Å². The van der Waals surface area contributed by atoms with Gasteiger partial charge in [0.15, 0.2) is 0 Å². The van der Waals surface area contributed by atoms with E-state index in [2.05, 4.69) is 18.7 Å². The van der Waals surface area contributed by atoms with E-state index in [-0.39, 0.29) is 6.67 Å². The molecule has 2 heteroatoms. The average Bonchev–Trinajstić information content (AvgIpc) is 1.89. The van der Waals surface area contributed by atoms with Crippen LogP contribution in [0.25, 0.3) is 0 Å². The van der Waals surface area contributed by atoms with Crippen LogP contribution in [0, 0.1) is 0 Å². The van der Waals surface area contributed by atoms with Crippen molar-refractivity contribution in [3.05, 3.63) is 0 Å². The highest BCUT2D eigenvalue weighted by molar-refractivity contribution is 4.86. The average molecular weight is 145 g/mol. The molecule has 1 aliphatic rings. The second kappa shape index (κ2) is 3.33. The first kappa shape index (κ1) is 7.99. The second-order valence-electron chi connectivity index (χ2n) is 3.21. The van der Waals surface area contributed by atoms with Gasteiger partial charge in [-0.05, 0) is 26.7 Å². The highest BCUT2D eigenvalue weighted by atomic mass is 19.1. The lowest BCUT2D eigenvalue weighted by molar-refractivity contribution is 0.0354. The van der Waals surface area contributed by atoms with Gasteiger partial charge in [0.1, 0.15) is 0 Å². The molecule has 2 unspecified atom stereocenters. The van der Waals surface area contributed by atoms with E-state index in [1.807, 2.05) is 0 Å². The molecule has 1 rings (SSSR count). The number of nitrogens with zero attached hydrogens (tertiary/aromatic N) is 1. The zero-order valence-corrected chi connectivity index (χ0v) is 6.81. The Balaban J connectivity index is 2.14. The number of alkyl halides is 1. The fourth-order valence-corrected chi connectivity index (χ4v) is 1.74. The Morgan fingerprint density at radius 2 is 2.00 bits per heavy atom. The lowest BCUT2D eigenvalue weighted by Crippen LogP contribution is -2.52. The van der Waals surface area contributed by atoms with Crippen molar-refractivity contribution < 1.29 is 4.39 Å². The highest BCUT2D eigenvalue weighted by Gasteiger charge is 2.30. The molecule has 0 saturated carbocycles. The van der Waals surface area contributed by atoms with Crippen LogP contribution in [0.4, 0.5) is 4.39 Å². The highest BCUT2D eigenvalue weighted by Crippen LogP contribution is 2.24. The third-order valence-corrected chi connectivity index (χ3v) is 2.36. The molecule has 0 radical (unpaired) electrons. The molecule has 0 aromatic rings. The van der Waals surface area contributed by atoms with Crippen molar-refractivity contribution in [3.8, 4) is 0 Å². The van der Waals surface area contributed by atoms with Gasteiger partial charge in [0, 0.05) is 18.6 Å². The predicted octanol–water partition coefficient (Wildman–Crippen LogP) is 1.83. The largest absolute Gasteiger partial charge is 0.298 e. The van der Waals surface area contributed by atoms with E-state index >= 15 is 0 Å². The van der Waals surface area contributed by atoms with E-state index in [0.29, 0.717) is 18.5 Å². The fourth-order valence-electron chi connectivity index (χ4n) is 1.74. The molecule has 1 heterocycles. The minimum atomic E-state index is -0.171. The van der Waals surface area contributed by atoms with Crippen LogP contribution in [0.15, 0.2) is 0 Å². The van der Waals surface area contributed by atoms with Crippen molar-refractivity contribution in [2.45, 2.75) is 38.8 Å². The molecular weight excluding hydrogens is 129 g/mol. The minimum Gasteiger partial charge on any atom is -0.298 e. The monoisotopic (exact) mass is 145 g/mol. The quantitative estimate of drug-likeness (QED) is 0.585. The standard InChI is InChI=1S/C8H16FN/c1-7-6-8(2)10(7)5-3-4-9/h7-8H,3-6H2,1-2H3. The van der Waals surface area contributed by atoms with Crippen LogP contribution in [0.3, 0.4) is 0 Å². The fraction of sp³-hybridized carbons (Fsp3) is 1.00. The van der Waals surface area contributed by atoms with Crippen molar-refractivity contribution in [1.82, 2.24) is 4.90 Å². The van der Waals surface area contributed by atoms with Crippen LogP contribution in [-0.4, -0.2) is 30.2 Å². The zero-order valence-electron chi connectivity index (χ0n) is 6.81. The Morgan fingerprint density at radius 1 is 1.40 bits per heavy atom. The molecule has 10 heavy (non-hydrogen) atoms. The third-order valence-electron chi connectivity index (χ3n) is 2.36. The molecule has 1 fully saturated rings.